The van der Waals surface area contributed by atoms with Crippen molar-refractivity contribution in [3.63, 3.8) is 0 Å². The second-order valence-corrected chi connectivity index (χ2v) is 7.31. The SMILES string of the molecule is Nc1nc(CN(Cc2cccs2)C2CC2)nc2sccc12. The Morgan fingerprint density at radius 2 is 2.05 bits per heavy atom. The van der Waals surface area contributed by atoms with Crippen molar-refractivity contribution in [1.29, 1.82) is 0 Å². The van der Waals surface area contributed by atoms with Gasteiger partial charge in [0.25, 0.3) is 0 Å². The van der Waals surface area contributed by atoms with Crippen molar-refractivity contribution in [3.05, 3.63) is 39.7 Å². The van der Waals surface area contributed by atoms with Gasteiger partial charge < -0.3 is 5.73 Å². The molecule has 3 heterocycles. The maximum atomic E-state index is 6.04. The number of rotatable bonds is 5. The second-order valence-electron chi connectivity index (χ2n) is 5.38. The summed E-state index contributed by atoms with van der Waals surface area (Å²) in [6, 6.07) is 6.97. The van der Waals surface area contributed by atoms with Crippen LogP contribution in [0.3, 0.4) is 0 Å². The molecule has 0 spiro atoms. The third-order valence-electron chi connectivity index (χ3n) is 3.75. The molecule has 6 heteroatoms. The smallest absolute Gasteiger partial charge is 0.146 e. The van der Waals surface area contributed by atoms with Crippen molar-refractivity contribution in [2.75, 3.05) is 5.73 Å². The van der Waals surface area contributed by atoms with Crippen LogP contribution in [0.4, 0.5) is 5.82 Å². The molecule has 108 valence electrons. The number of hydrogen-bond acceptors (Lipinski definition) is 6. The Morgan fingerprint density at radius 1 is 1.14 bits per heavy atom. The molecule has 0 saturated heterocycles. The molecule has 1 fully saturated rings. The van der Waals surface area contributed by atoms with Crippen molar-refractivity contribution in [1.82, 2.24) is 14.9 Å². The highest BCUT2D eigenvalue weighted by molar-refractivity contribution is 7.16. The van der Waals surface area contributed by atoms with Crippen LogP contribution in [-0.4, -0.2) is 20.9 Å². The first-order valence-electron chi connectivity index (χ1n) is 7.05. The number of nitrogen functional groups attached to an aromatic ring is 1. The number of thiophene rings is 2. The number of fused-ring (bicyclic) bond motifs is 1. The molecule has 4 nitrogen and oxygen atoms in total. The van der Waals surface area contributed by atoms with Crippen LogP contribution in [0.15, 0.2) is 29.0 Å². The van der Waals surface area contributed by atoms with E-state index in [2.05, 4.69) is 32.4 Å². The van der Waals surface area contributed by atoms with Gasteiger partial charge in [-0.25, -0.2) is 9.97 Å². The summed E-state index contributed by atoms with van der Waals surface area (Å²) in [6.07, 6.45) is 2.56. The van der Waals surface area contributed by atoms with E-state index >= 15 is 0 Å². The molecule has 0 amide bonds. The van der Waals surface area contributed by atoms with Gasteiger partial charge in [0.15, 0.2) is 0 Å². The quantitative estimate of drug-likeness (QED) is 0.783. The van der Waals surface area contributed by atoms with Crippen LogP contribution in [0.25, 0.3) is 10.2 Å². The van der Waals surface area contributed by atoms with Gasteiger partial charge in [-0.3, -0.25) is 4.90 Å². The van der Waals surface area contributed by atoms with Crippen molar-refractivity contribution in [2.45, 2.75) is 32.0 Å². The summed E-state index contributed by atoms with van der Waals surface area (Å²) in [7, 11) is 0. The van der Waals surface area contributed by atoms with Crippen molar-refractivity contribution < 1.29 is 0 Å². The topological polar surface area (TPSA) is 55.0 Å². The lowest BCUT2D eigenvalue weighted by Crippen LogP contribution is -2.25. The summed E-state index contributed by atoms with van der Waals surface area (Å²) >= 11 is 3.43. The summed E-state index contributed by atoms with van der Waals surface area (Å²) in [4.78, 5) is 14.0. The Kier molecular flexibility index (Phi) is 3.37. The fourth-order valence-corrected chi connectivity index (χ4v) is 4.05. The van der Waals surface area contributed by atoms with Gasteiger partial charge in [0, 0.05) is 17.5 Å². The van der Waals surface area contributed by atoms with Gasteiger partial charge in [-0.1, -0.05) is 6.07 Å². The Labute approximate surface area is 131 Å². The zero-order valence-corrected chi connectivity index (χ0v) is 13.2. The maximum Gasteiger partial charge on any atom is 0.146 e. The predicted molar refractivity (Wildman–Crippen MR) is 88.4 cm³/mol. The zero-order valence-electron chi connectivity index (χ0n) is 11.5. The van der Waals surface area contributed by atoms with Crippen molar-refractivity contribution in [3.8, 4) is 0 Å². The lowest BCUT2D eigenvalue weighted by atomic mass is 10.3. The molecule has 0 bridgehead atoms. The monoisotopic (exact) mass is 316 g/mol. The number of nitrogens with two attached hydrogens (primary N) is 1. The molecule has 1 saturated carbocycles. The van der Waals surface area contributed by atoms with Crippen LogP contribution >= 0.6 is 22.7 Å². The highest BCUT2D eigenvalue weighted by atomic mass is 32.1. The standard InChI is InChI=1S/C15H16N4S2/c16-14-12-5-7-21-15(12)18-13(17-14)9-19(10-3-4-10)8-11-2-1-6-20-11/h1-2,5-7,10H,3-4,8-9H2,(H2,16,17,18). The average molecular weight is 316 g/mol. The molecule has 0 aromatic carbocycles. The molecule has 3 aromatic rings. The third-order valence-corrected chi connectivity index (χ3v) is 5.42. The van der Waals surface area contributed by atoms with Crippen molar-refractivity contribution in [2.24, 2.45) is 0 Å². The molecule has 0 radical (unpaired) electrons. The third kappa shape index (κ3) is 2.79. The molecule has 2 N–H and O–H groups in total. The van der Waals surface area contributed by atoms with Gasteiger partial charge in [-0.15, -0.1) is 22.7 Å². The molecular formula is C15H16N4S2. The minimum atomic E-state index is 0.600. The first-order chi connectivity index (χ1) is 10.3. The second kappa shape index (κ2) is 5.36. The van der Waals surface area contributed by atoms with E-state index in [1.54, 1.807) is 11.3 Å². The van der Waals surface area contributed by atoms with E-state index in [4.69, 9.17) is 5.73 Å². The average Bonchev–Trinajstić information content (AvgIpc) is 2.98. The summed E-state index contributed by atoms with van der Waals surface area (Å²) in [5.74, 6) is 1.44. The molecular weight excluding hydrogens is 300 g/mol. The van der Waals surface area contributed by atoms with Gasteiger partial charge in [-0.2, -0.15) is 0 Å². The summed E-state index contributed by atoms with van der Waals surface area (Å²) < 4.78 is 0. The predicted octanol–water partition coefficient (Wildman–Crippen LogP) is 3.50. The number of anilines is 1. The molecule has 0 atom stereocenters. The highest BCUT2D eigenvalue weighted by Gasteiger charge is 2.30. The Balaban J connectivity index is 1.58. The van der Waals surface area contributed by atoms with Crippen LogP contribution in [0.2, 0.25) is 0 Å². The van der Waals surface area contributed by atoms with Gasteiger partial charge >= 0.3 is 0 Å². The highest BCUT2D eigenvalue weighted by Crippen LogP contribution is 2.31. The van der Waals surface area contributed by atoms with E-state index in [-0.39, 0.29) is 0 Å². The van der Waals surface area contributed by atoms with E-state index in [9.17, 15) is 0 Å². The first-order valence-corrected chi connectivity index (χ1v) is 8.81. The largest absolute Gasteiger partial charge is 0.383 e. The molecule has 0 aliphatic heterocycles. The van der Waals surface area contributed by atoms with Crippen molar-refractivity contribution >= 4 is 38.7 Å². The van der Waals surface area contributed by atoms with Gasteiger partial charge in [0.1, 0.15) is 16.5 Å². The number of hydrogen-bond donors (Lipinski definition) is 1. The van der Waals surface area contributed by atoms with Gasteiger partial charge in [-0.05, 0) is 35.7 Å². The van der Waals surface area contributed by atoms with Gasteiger partial charge in [0.2, 0.25) is 0 Å². The van der Waals surface area contributed by atoms with E-state index in [0.29, 0.717) is 11.9 Å². The van der Waals surface area contributed by atoms with Crippen LogP contribution < -0.4 is 5.73 Å². The lowest BCUT2D eigenvalue weighted by molar-refractivity contribution is 0.242. The van der Waals surface area contributed by atoms with Gasteiger partial charge in [0.05, 0.1) is 11.9 Å². The van der Waals surface area contributed by atoms with Crippen LogP contribution in [-0.2, 0) is 13.1 Å². The fourth-order valence-electron chi connectivity index (χ4n) is 2.53. The number of aromatic nitrogens is 2. The zero-order chi connectivity index (χ0) is 14.2. The van der Waals surface area contributed by atoms with E-state index in [1.165, 1.54) is 17.7 Å². The van der Waals surface area contributed by atoms with Crippen LogP contribution in [0, 0.1) is 0 Å². The summed E-state index contributed by atoms with van der Waals surface area (Å²) in [5.41, 5.74) is 6.04. The van der Waals surface area contributed by atoms with Crippen LogP contribution in [0.5, 0.6) is 0 Å². The molecule has 1 aliphatic rings. The van der Waals surface area contributed by atoms with E-state index in [1.807, 2.05) is 22.8 Å². The molecule has 1 aliphatic carbocycles. The number of nitrogens with zero attached hydrogens (tertiary/aromatic N) is 3. The van der Waals surface area contributed by atoms with Crippen LogP contribution in [0.1, 0.15) is 23.5 Å². The minimum Gasteiger partial charge on any atom is -0.383 e. The van der Waals surface area contributed by atoms with E-state index in [0.717, 1.165) is 29.1 Å². The Bertz CT molecular complexity index is 746. The lowest BCUT2D eigenvalue weighted by Gasteiger charge is -2.20. The Hall–Kier alpha value is -1.50. The maximum absolute atomic E-state index is 6.04. The first kappa shape index (κ1) is 13.2. The molecule has 21 heavy (non-hydrogen) atoms. The fraction of sp³-hybridized carbons (Fsp3) is 0.333. The Morgan fingerprint density at radius 3 is 2.81 bits per heavy atom. The minimum absolute atomic E-state index is 0.600. The molecule has 0 unspecified atom stereocenters. The molecule has 3 aromatic heterocycles. The van der Waals surface area contributed by atoms with E-state index < -0.39 is 0 Å². The normalized spacial score (nSPS) is 15.1. The summed E-state index contributed by atoms with van der Waals surface area (Å²) in [5, 5.41) is 5.12. The summed E-state index contributed by atoms with van der Waals surface area (Å²) in [6.45, 7) is 1.76. The molecule has 4 rings (SSSR count).